The van der Waals surface area contributed by atoms with Gasteiger partial charge in [0.2, 0.25) is 0 Å². The van der Waals surface area contributed by atoms with Crippen LogP contribution < -0.4 is 0 Å². The molecule has 1 saturated heterocycles. The van der Waals surface area contributed by atoms with Crippen molar-refractivity contribution in [1.82, 2.24) is 0 Å². The second-order valence-corrected chi connectivity index (χ2v) is 10.6. The summed E-state index contributed by atoms with van der Waals surface area (Å²) in [6, 6.07) is 0. The number of hydrogen-bond donors (Lipinski definition) is 1. The molecule has 3 atom stereocenters. The quantitative estimate of drug-likeness (QED) is 0.0511. The highest BCUT2D eigenvalue weighted by molar-refractivity contribution is 5.69. The number of unbranched alkanes of at least 4 members (excludes halogenated alkanes) is 9. The number of rotatable bonds is 26. The number of esters is 2. The van der Waals surface area contributed by atoms with Crippen LogP contribution in [-0.2, 0) is 23.8 Å². The fraction of sp³-hybridized carbons (Fsp3) is 0.758. The van der Waals surface area contributed by atoms with Gasteiger partial charge in [-0.25, -0.2) is 0 Å². The van der Waals surface area contributed by atoms with Gasteiger partial charge in [0.05, 0.1) is 12.2 Å². The summed E-state index contributed by atoms with van der Waals surface area (Å²) in [4.78, 5) is 23.7. The van der Waals surface area contributed by atoms with Crippen molar-refractivity contribution >= 4 is 11.9 Å². The van der Waals surface area contributed by atoms with E-state index in [-0.39, 0.29) is 37.4 Å². The van der Waals surface area contributed by atoms with Gasteiger partial charge < -0.3 is 19.3 Å². The monoisotopic (exact) mass is 548 g/mol. The molecule has 1 rings (SSSR count). The average molecular weight is 549 g/mol. The average Bonchev–Trinajstić information content (AvgIpc) is 3.68. The van der Waals surface area contributed by atoms with E-state index in [0.29, 0.717) is 19.3 Å². The van der Waals surface area contributed by atoms with Crippen LogP contribution in [0.1, 0.15) is 129 Å². The van der Waals surface area contributed by atoms with E-state index in [0.717, 1.165) is 44.9 Å². The Bertz CT molecular complexity index is 698. The molecular weight excluding hydrogens is 492 g/mol. The van der Waals surface area contributed by atoms with E-state index in [1.165, 1.54) is 51.4 Å². The first-order valence-corrected chi connectivity index (χ1v) is 15.7. The number of hydrogen-bond acceptors (Lipinski definition) is 6. The van der Waals surface area contributed by atoms with E-state index in [2.05, 4.69) is 50.3 Å². The lowest BCUT2D eigenvalue weighted by atomic mass is 10.1. The Morgan fingerprint density at radius 1 is 0.692 bits per heavy atom. The summed E-state index contributed by atoms with van der Waals surface area (Å²) < 4.78 is 15.9. The number of aliphatic hydroxyl groups is 1. The fourth-order valence-corrected chi connectivity index (χ4v) is 4.29. The number of epoxide rings is 1. The van der Waals surface area contributed by atoms with Crippen molar-refractivity contribution in [3.8, 4) is 0 Å². The second kappa shape index (κ2) is 25.1. The van der Waals surface area contributed by atoms with E-state index in [9.17, 15) is 14.7 Å². The molecule has 0 amide bonds. The van der Waals surface area contributed by atoms with Gasteiger partial charge in [-0.15, -0.1) is 0 Å². The SMILES string of the molecule is CCCCC/C=C\C/C=C\C/C=C\CC1OC1CCCC(=O)OC[C@@H](O)COC(=O)CCCCCCCCC. The van der Waals surface area contributed by atoms with Gasteiger partial charge in [-0.3, -0.25) is 9.59 Å². The first-order chi connectivity index (χ1) is 19.1. The maximum Gasteiger partial charge on any atom is 0.305 e. The first-order valence-electron chi connectivity index (χ1n) is 15.7. The molecule has 6 nitrogen and oxygen atoms in total. The van der Waals surface area contributed by atoms with Gasteiger partial charge in [0.15, 0.2) is 0 Å². The lowest BCUT2D eigenvalue weighted by Gasteiger charge is -2.12. The molecule has 0 bridgehead atoms. The minimum Gasteiger partial charge on any atom is -0.463 e. The van der Waals surface area contributed by atoms with Crippen molar-refractivity contribution in [3.05, 3.63) is 36.5 Å². The van der Waals surface area contributed by atoms with Gasteiger partial charge in [-0.05, 0) is 51.4 Å². The Morgan fingerprint density at radius 3 is 1.90 bits per heavy atom. The molecule has 0 aliphatic carbocycles. The third kappa shape index (κ3) is 22.6. The smallest absolute Gasteiger partial charge is 0.305 e. The molecule has 2 unspecified atom stereocenters. The Kier molecular flexibility index (Phi) is 22.6. The summed E-state index contributed by atoms with van der Waals surface area (Å²) in [7, 11) is 0. The molecule has 39 heavy (non-hydrogen) atoms. The zero-order valence-corrected chi connectivity index (χ0v) is 24.8. The van der Waals surface area contributed by atoms with Gasteiger partial charge in [0.1, 0.15) is 19.3 Å². The van der Waals surface area contributed by atoms with Crippen LogP contribution >= 0.6 is 0 Å². The van der Waals surface area contributed by atoms with E-state index < -0.39 is 6.10 Å². The fourth-order valence-electron chi connectivity index (χ4n) is 4.29. The van der Waals surface area contributed by atoms with Crippen LogP contribution in [0.4, 0.5) is 0 Å². The van der Waals surface area contributed by atoms with Gasteiger partial charge in [0, 0.05) is 12.8 Å². The highest BCUT2D eigenvalue weighted by atomic mass is 16.6. The number of carbonyl (C=O) groups is 2. The van der Waals surface area contributed by atoms with Crippen LogP contribution in [0.15, 0.2) is 36.5 Å². The lowest BCUT2D eigenvalue weighted by molar-refractivity contribution is -0.152. The zero-order chi connectivity index (χ0) is 28.4. The van der Waals surface area contributed by atoms with Crippen molar-refractivity contribution in [1.29, 1.82) is 0 Å². The topological polar surface area (TPSA) is 85.4 Å². The third-order valence-electron chi connectivity index (χ3n) is 6.80. The molecule has 1 N–H and O–H groups in total. The van der Waals surface area contributed by atoms with E-state index in [1.54, 1.807) is 0 Å². The molecule has 6 heteroatoms. The molecule has 1 fully saturated rings. The number of ether oxygens (including phenoxy) is 3. The molecule has 0 saturated carbocycles. The summed E-state index contributed by atoms with van der Waals surface area (Å²) in [5, 5.41) is 9.92. The zero-order valence-electron chi connectivity index (χ0n) is 24.8. The Labute approximate surface area is 238 Å². The minimum absolute atomic E-state index is 0.139. The predicted octanol–water partition coefficient (Wildman–Crippen LogP) is 7.93. The molecule has 0 aromatic rings. The standard InChI is InChI=1S/C33H56O6/c1-3-5-7-9-11-12-13-14-15-17-18-20-23-30-31(39-30)24-22-26-33(36)38-28-29(34)27-37-32(35)25-21-19-16-10-8-6-4-2/h11-12,14-15,18,20,29-31,34H,3-10,13,16-17,19,21-28H2,1-2H3/b12-11-,15-14-,20-18-/t29-,30?,31?/m0/s1. The van der Waals surface area contributed by atoms with Crippen LogP contribution in [0.2, 0.25) is 0 Å². The van der Waals surface area contributed by atoms with Crippen LogP contribution in [0, 0.1) is 0 Å². The highest BCUT2D eigenvalue weighted by Crippen LogP contribution is 2.30. The highest BCUT2D eigenvalue weighted by Gasteiger charge is 2.36. The van der Waals surface area contributed by atoms with Crippen molar-refractivity contribution in [2.24, 2.45) is 0 Å². The first kappa shape index (κ1) is 35.1. The molecule has 0 spiro atoms. The minimum atomic E-state index is -0.989. The largest absolute Gasteiger partial charge is 0.463 e. The number of aliphatic hydroxyl groups excluding tert-OH is 1. The summed E-state index contributed by atoms with van der Waals surface area (Å²) in [6.07, 6.45) is 30.8. The van der Waals surface area contributed by atoms with Gasteiger partial charge in [-0.2, -0.15) is 0 Å². The van der Waals surface area contributed by atoms with Crippen LogP contribution in [0.25, 0.3) is 0 Å². The van der Waals surface area contributed by atoms with E-state index >= 15 is 0 Å². The molecule has 1 aliphatic rings. The molecule has 0 aromatic heterocycles. The summed E-state index contributed by atoms with van der Waals surface area (Å²) in [6.45, 7) is 4.13. The summed E-state index contributed by atoms with van der Waals surface area (Å²) in [5.74, 6) is -0.650. The van der Waals surface area contributed by atoms with Gasteiger partial charge in [0.25, 0.3) is 0 Å². The van der Waals surface area contributed by atoms with Gasteiger partial charge >= 0.3 is 11.9 Å². The molecule has 1 heterocycles. The Morgan fingerprint density at radius 2 is 1.23 bits per heavy atom. The second-order valence-electron chi connectivity index (χ2n) is 10.6. The maximum absolute atomic E-state index is 11.9. The maximum atomic E-state index is 11.9. The number of carbonyl (C=O) groups excluding carboxylic acids is 2. The summed E-state index contributed by atoms with van der Waals surface area (Å²) >= 11 is 0. The predicted molar refractivity (Wildman–Crippen MR) is 158 cm³/mol. The van der Waals surface area contributed by atoms with Gasteiger partial charge in [-0.1, -0.05) is 102 Å². The molecule has 224 valence electrons. The normalized spacial score (nSPS) is 17.8. The Hall–Kier alpha value is -1.92. The molecule has 0 aromatic carbocycles. The van der Waals surface area contributed by atoms with Crippen molar-refractivity contribution < 1.29 is 28.9 Å². The molecule has 1 aliphatic heterocycles. The Balaban J connectivity index is 1.94. The van der Waals surface area contributed by atoms with E-state index in [4.69, 9.17) is 14.2 Å². The lowest BCUT2D eigenvalue weighted by Crippen LogP contribution is -2.25. The third-order valence-corrected chi connectivity index (χ3v) is 6.80. The van der Waals surface area contributed by atoms with Crippen molar-refractivity contribution in [3.63, 3.8) is 0 Å². The van der Waals surface area contributed by atoms with E-state index in [1.807, 2.05) is 0 Å². The molecular formula is C33H56O6. The molecule has 0 radical (unpaired) electrons. The summed E-state index contributed by atoms with van der Waals surface area (Å²) in [5.41, 5.74) is 0. The van der Waals surface area contributed by atoms with Crippen molar-refractivity contribution in [2.75, 3.05) is 13.2 Å². The van der Waals surface area contributed by atoms with Crippen LogP contribution in [0.3, 0.4) is 0 Å². The van der Waals surface area contributed by atoms with Crippen LogP contribution in [0.5, 0.6) is 0 Å². The van der Waals surface area contributed by atoms with Crippen LogP contribution in [-0.4, -0.2) is 48.6 Å². The number of allylic oxidation sites excluding steroid dienone is 5. The van der Waals surface area contributed by atoms with Crippen molar-refractivity contribution in [2.45, 2.75) is 148 Å².